The summed E-state index contributed by atoms with van der Waals surface area (Å²) < 4.78 is 6.42. The number of carbonyl (C=O) groups is 1. The molecule has 112 valence electrons. The van der Waals surface area contributed by atoms with Crippen LogP contribution < -0.4 is 5.69 Å². The molecular weight excluding hydrogens is 268 g/mol. The zero-order chi connectivity index (χ0) is 15.6. The van der Waals surface area contributed by atoms with E-state index >= 15 is 0 Å². The molecule has 5 nitrogen and oxygen atoms in total. The molecule has 0 aliphatic rings. The fraction of sp³-hybridized carbons (Fsp3) is 0.375. The van der Waals surface area contributed by atoms with Gasteiger partial charge < -0.3 is 4.74 Å². The lowest BCUT2D eigenvalue weighted by Crippen LogP contribution is -2.15. The Balaban J connectivity index is 2.45. The highest BCUT2D eigenvalue weighted by molar-refractivity contribution is 5.88. The molecule has 0 radical (unpaired) electrons. The van der Waals surface area contributed by atoms with Crippen LogP contribution >= 0.6 is 0 Å². The average molecular weight is 288 g/mol. The minimum atomic E-state index is -0.510. The van der Waals surface area contributed by atoms with E-state index in [1.165, 1.54) is 10.1 Å². The van der Waals surface area contributed by atoms with Crippen molar-refractivity contribution in [3.63, 3.8) is 0 Å². The third-order valence-corrected chi connectivity index (χ3v) is 3.43. The largest absolute Gasteiger partial charge is 0.461 e. The van der Waals surface area contributed by atoms with E-state index in [2.05, 4.69) is 18.8 Å². The number of imidazole rings is 1. The molecule has 0 bridgehead atoms. The molecule has 2 rings (SSSR count). The number of benzene rings is 1. The number of nitrogens with one attached hydrogen (secondary N) is 1. The second-order valence-electron chi connectivity index (χ2n) is 5.19. The van der Waals surface area contributed by atoms with Crippen LogP contribution in [0.2, 0.25) is 0 Å². The Kier molecular flexibility index (Phi) is 4.31. The van der Waals surface area contributed by atoms with E-state index in [0.29, 0.717) is 11.6 Å². The first-order valence-corrected chi connectivity index (χ1v) is 7.04. The molecule has 1 heterocycles. The van der Waals surface area contributed by atoms with Gasteiger partial charge in [0.05, 0.1) is 18.0 Å². The number of aromatic nitrogens is 2. The van der Waals surface area contributed by atoms with Gasteiger partial charge in [0.15, 0.2) is 0 Å². The first-order chi connectivity index (χ1) is 9.95. The summed E-state index contributed by atoms with van der Waals surface area (Å²) in [4.78, 5) is 26.5. The molecule has 1 N–H and O–H groups in total. The van der Waals surface area contributed by atoms with Crippen LogP contribution in [0.5, 0.6) is 0 Å². The van der Waals surface area contributed by atoms with Crippen molar-refractivity contribution in [3.05, 3.63) is 51.7 Å². The Morgan fingerprint density at radius 1 is 1.29 bits per heavy atom. The summed E-state index contributed by atoms with van der Waals surface area (Å²) in [5.41, 5.74) is 2.35. The fourth-order valence-corrected chi connectivity index (χ4v) is 2.24. The van der Waals surface area contributed by atoms with E-state index in [4.69, 9.17) is 4.74 Å². The lowest BCUT2D eigenvalue weighted by molar-refractivity contribution is 0.0519. The maximum Gasteiger partial charge on any atom is 0.356 e. The first-order valence-electron chi connectivity index (χ1n) is 7.04. The predicted octanol–water partition coefficient (Wildman–Crippen LogP) is 2.77. The van der Waals surface area contributed by atoms with Crippen molar-refractivity contribution in [1.82, 2.24) is 9.55 Å². The van der Waals surface area contributed by atoms with E-state index in [1.807, 2.05) is 24.3 Å². The maximum atomic E-state index is 12.1. The van der Waals surface area contributed by atoms with Crippen molar-refractivity contribution in [2.45, 2.75) is 33.6 Å². The zero-order valence-corrected chi connectivity index (χ0v) is 12.8. The number of aromatic amines is 1. The van der Waals surface area contributed by atoms with E-state index in [0.717, 1.165) is 5.69 Å². The normalized spacial score (nSPS) is 10.9. The van der Waals surface area contributed by atoms with Gasteiger partial charge in [-0.05, 0) is 37.5 Å². The standard InChI is InChI=1S/C16H20N2O3/c1-5-21-15(19)14-11(4)18(16(20)17-14)13-8-6-12(7-9-13)10(2)3/h6-10H,5H2,1-4H3,(H,17,20). The number of hydrogen-bond donors (Lipinski definition) is 1. The van der Waals surface area contributed by atoms with Crippen LogP contribution in [0.4, 0.5) is 0 Å². The molecule has 21 heavy (non-hydrogen) atoms. The summed E-state index contributed by atoms with van der Waals surface area (Å²) in [5.74, 6) is -0.0807. The van der Waals surface area contributed by atoms with Crippen LogP contribution in [0.1, 0.15) is 48.4 Å². The van der Waals surface area contributed by atoms with Gasteiger partial charge in [-0.2, -0.15) is 0 Å². The molecule has 0 fully saturated rings. The lowest BCUT2D eigenvalue weighted by atomic mass is 10.0. The molecule has 2 aromatic rings. The molecule has 0 aliphatic carbocycles. The topological polar surface area (TPSA) is 64.1 Å². The molecule has 0 aliphatic heterocycles. The average Bonchev–Trinajstić information content (AvgIpc) is 2.74. The predicted molar refractivity (Wildman–Crippen MR) is 81.2 cm³/mol. The summed E-state index contributed by atoms with van der Waals surface area (Å²) in [5, 5.41) is 0. The van der Waals surface area contributed by atoms with Crippen molar-refractivity contribution >= 4 is 5.97 Å². The minimum Gasteiger partial charge on any atom is -0.461 e. The smallest absolute Gasteiger partial charge is 0.356 e. The van der Waals surface area contributed by atoms with Crippen LogP contribution in [-0.4, -0.2) is 22.1 Å². The van der Waals surface area contributed by atoms with Gasteiger partial charge in [-0.3, -0.25) is 9.55 Å². The van der Waals surface area contributed by atoms with Crippen molar-refractivity contribution in [2.24, 2.45) is 0 Å². The number of rotatable bonds is 4. The second kappa shape index (κ2) is 5.99. The van der Waals surface area contributed by atoms with Crippen LogP contribution in [0.3, 0.4) is 0 Å². The molecule has 1 aromatic carbocycles. The fourth-order valence-electron chi connectivity index (χ4n) is 2.24. The SMILES string of the molecule is CCOC(=O)c1[nH]c(=O)n(-c2ccc(C(C)C)cc2)c1C. The van der Waals surface area contributed by atoms with Crippen molar-refractivity contribution in [3.8, 4) is 5.69 Å². The molecule has 0 unspecified atom stereocenters. The Hall–Kier alpha value is -2.30. The molecular formula is C16H20N2O3. The van der Waals surface area contributed by atoms with Gasteiger partial charge in [0.1, 0.15) is 5.69 Å². The monoisotopic (exact) mass is 288 g/mol. The molecule has 0 amide bonds. The highest BCUT2D eigenvalue weighted by atomic mass is 16.5. The van der Waals surface area contributed by atoms with Crippen molar-refractivity contribution < 1.29 is 9.53 Å². The van der Waals surface area contributed by atoms with Crippen LogP contribution in [-0.2, 0) is 4.74 Å². The number of esters is 1. The summed E-state index contributed by atoms with van der Waals surface area (Å²) in [6.07, 6.45) is 0. The number of nitrogens with zero attached hydrogens (tertiary/aromatic N) is 1. The van der Waals surface area contributed by atoms with Crippen molar-refractivity contribution in [1.29, 1.82) is 0 Å². The number of H-pyrrole nitrogens is 1. The molecule has 0 atom stereocenters. The van der Waals surface area contributed by atoms with E-state index in [9.17, 15) is 9.59 Å². The Bertz CT molecular complexity index is 693. The summed E-state index contributed by atoms with van der Waals surface area (Å²) >= 11 is 0. The molecule has 0 saturated carbocycles. The highest BCUT2D eigenvalue weighted by Crippen LogP contribution is 2.18. The quantitative estimate of drug-likeness (QED) is 0.880. The van der Waals surface area contributed by atoms with Gasteiger partial charge in [-0.15, -0.1) is 0 Å². The highest BCUT2D eigenvalue weighted by Gasteiger charge is 2.18. The number of carbonyl (C=O) groups excluding carboxylic acids is 1. The first kappa shape index (κ1) is 15.1. The van der Waals surface area contributed by atoms with Crippen LogP contribution in [0.15, 0.2) is 29.1 Å². The van der Waals surface area contributed by atoms with Crippen molar-refractivity contribution in [2.75, 3.05) is 6.61 Å². The van der Waals surface area contributed by atoms with E-state index in [1.54, 1.807) is 13.8 Å². The van der Waals surface area contributed by atoms with Gasteiger partial charge in [0.25, 0.3) is 0 Å². The number of ether oxygens (including phenoxy) is 1. The van der Waals surface area contributed by atoms with Gasteiger partial charge in [0, 0.05) is 0 Å². The third kappa shape index (κ3) is 2.91. The van der Waals surface area contributed by atoms with Gasteiger partial charge >= 0.3 is 11.7 Å². The summed E-state index contributed by atoms with van der Waals surface area (Å²) in [6.45, 7) is 7.95. The summed E-state index contributed by atoms with van der Waals surface area (Å²) in [6, 6.07) is 7.74. The molecule has 0 saturated heterocycles. The van der Waals surface area contributed by atoms with Crippen LogP contribution in [0, 0.1) is 6.92 Å². The Labute approximate surface area is 123 Å². The van der Waals surface area contributed by atoms with Gasteiger partial charge in [0.2, 0.25) is 0 Å². The number of hydrogen-bond acceptors (Lipinski definition) is 3. The minimum absolute atomic E-state index is 0.204. The van der Waals surface area contributed by atoms with E-state index < -0.39 is 5.97 Å². The zero-order valence-electron chi connectivity index (χ0n) is 12.8. The van der Waals surface area contributed by atoms with Gasteiger partial charge in [-0.1, -0.05) is 26.0 Å². The van der Waals surface area contributed by atoms with E-state index in [-0.39, 0.29) is 18.0 Å². The molecule has 1 aromatic heterocycles. The lowest BCUT2D eigenvalue weighted by Gasteiger charge is -2.08. The Morgan fingerprint density at radius 2 is 1.90 bits per heavy atom. The summed E-state index contributed by atoms with van der Waals surface area (Å²) in [7, 11) is 0. The molecule has 5 heteroatoms. The third-order valence-electron chi connectivity index (χ3n) is 3.43. The second-order valence-corrected chi connectivity index (χ2v) is 5.19. The van der Waals surface area contributed by atoms with Gasteiger partial charge in [-0.25, -0.2) is 9.59 Å². The molecule has 0 spiro atoms. The Morgan fingerprint density at radius 3 is 2.43 bits per heavy atom. The van der Waals surface area contributed by atoms with Crippen LogP contribution in [0.25, 0.3) is 5.69 Å². The maximum absolute atomic E-state index is 12.1.